The molecule has 2 aliphatic rings. The molecule has 0 aliphatic heterocycles. The SMILES string of the molecule is O=C(O)[C@@H](CCCCc1ccccc1)CC(=NO)c1ccc2c(c1)CC1=C2CCCC1. The molecule has 0 aromatic heterocycles. The van der Waals surface area contributed by atoms with E-state index in [1.807, 2.05) is 24.3 Å². The molecule has 0 bridgehead atoms. The highest BCUT2D eigenvalue weighted by molar-refractivity contribution is 6.02. The smallest absolute Gasteiger partial charge is 0.306 e. The third kappa shape index (κ3) is 5.07. The number of unbranched alkanes of at least 4 members (excludes halogenated alkanes) is 1. The highest BCUT2D eigenvalue weighted by atomic mass is 16.4. The molecule has 0 heterocycles. The van der Waals surface area contributed by atoms with Crippen molar-refractivity contribution >= 4 is 17.3 Å². The van der Waals surface area contributed by atoms with Crippen LogP contribution >= 0.6 is 0 Å². The lowest BCUT2D eigenvalue weighted by Crippen LogP contribution is -2.19. The standard InChI is InChI=1S/C27H31NO3/c29-27(30)22(12-5-4-10-19-8-2-1-3-9-19)18-26(28-31)21-14-15-25-23(17-21)16-20-11-6-7-13-24(20)25/h1-3,8-9,14-15,17,22,31H,4-7,10-13,16,18H2,(H,29,30)/t22-/m0/s1. The lowest BCUT2D eigenvalue weighted by Gasteiger charge is -2.15. The Morgan fingerprint density at radius 3 is 2.61 bits per heavy atom. The fourth-order valence-corrected chi connectivity index (χ4v) is 5.06. The molecule has 0 spiro atoms. The lowest BCUT2D eigenvalue weighted by atomic mass is 9.90. The van der Waals surface area contributed by atoms with Crippen LogP contribution in [0.3, 0.4) is 0 Å². The molecule has 0 fully saturated rings. The van der Waals surface area contributed by atoms with E-state index < -0.39 is 11.9 Å². The Bertz CT molecular complexity index is 991. The van der Waals surface area contributed by atoms with E-state index in [0.29, 0.717) is 12.1 Å². The van der Waals surface area contributed by atoms with Gasteiger partial charge in [0.1, 0.15) is 0 Å². The van der Waals surface area contributed by atoms with Gasteiger partial charge in [-0.1, -0.05) is 59.6 Å². The Morgan fingerprint density at radius 2 is 1.84 bits per heavy atom. The second-order valence-corrected chi connectivity index (χ2v) is 8.86. The summed E-state index contributed by atoms with van der Waals surface area (Å²) in [7, 11) is 0. The normalized spacial score (nSPS) is 16.7. The summed E-state index contributed by atoms with van der Waals surface area (Å²) in [6, 6.07) is 16.5. The second-order valence-electron chi connectivity index (χ2n) is 8.86. The van der Waals surface area contributed by atoms with Gasteiger partial charge in [-0.3, -0.25) is 4.79 Å². The quantitative estimate of drug-likeness (QED) is 0.219. The van der Waals surface area contributed by atoms with Crippen molar-refractivity contribution < 1.29 is 15.1 Å². The van der Waals surface area contributed by atoms with E-state index >= 15 is 0 Å². The molecule has 2 aliphatic carbocycles. The summed E-state index contributed by atoms with van der Waals surface area (Å²) in [6.45, 7) is 0. The summed E-state index contributed by atoms with van der Waals surface area (Å²) in [5.41, 5.74) is 8.30. The van der Waals surface area contributed by atoms with Crippen molar-refractivity contribution in [2.45, 2.75) is 64.2 Å². The van der Waals surface area contributed by atoms with Crippen LogP contribution in [0.1, 0.15) is 73.6 Å². The van der Waals surface area contributed by atoms with Crippen molar-refractivity contribution in [1.82, 2.24) is 0 Å². The summed E-state index contributed by atoms with van der Waals surface area (Å²) in [5, 5.41) is 22.9. The molecular formula is C27H31NO3. The number of rotatable bonds is 9. The van der Waals surface area contributed by atoms with Crippen LogP contribution in [-0.4, -0.2) is 22.0 Å². The average molecular weight is 418 g/mol. The van der Waals surface area contributed by atoms with Crippen LogP contribution in [0.5, 0.6) is 0 Å². The van der Waals surface area contributed by atoms with Gasteiger partial charge in [0.25, 0.3) is 0 Å². The van der Waals surface area contributed by atoms with Gasteiger partial charge in [0.15, 0.2) is 0 Å². The monoisotopic (exact) mass is 417 g/mol. The van der Waals surface area contributed by atoms with Crippen molar-refractivity contribution in [3.63, 3.8) is 0 Å². The van der Waals surface area contributed by atoms with E-state index in [2.05, 4.69) is 29.4 Å². The Kier molecular flexibility index (Phi) is 6.86. The number of carbonyl (C=O) groups is 1. The first-order chi connectivity index (χ1) is 15.2. The van der Waals surface area contributed by atoms with Gasteiger partial charge in [-0.2, -0.15) is 0 Å². The molecule has 4 nitrogen and oxygen atoms in total. The van der Waals surface area contributed by atoms with E-state index in [0.717, 1.165) is 37.7 Å². The number of hydrogen-bond donors (Lipinski definition) is 2. The molecule has 4 heteroatoms. The summed E-state index contributed by atoms with van der Waals surface area (Å²) in [6.07, 6.45) is 9.44. The molecule has 2 aromatic carbocycles. The van der Waals surface area contributed by atoms with Crippen LogP contribution in [-0.2, 0) is 17.6 Å². The molecule has 162 valence electrons. The minimum Gasteiger partial charge on any atom is -0.481 e. The van der Waals surface area contributed by atoms with Crippen LogP contribution in [0.2, 0.25) is 0 Å². The van der Waals surface area contributed by atoms with Crippen molar-refractivity contribution in [2.75, 3.05) is 0 Å². The molecule has 0 saturated heterocycles. The van der Waals surface area contributed by atoms with Crippen LogP contribution in [0, 0.1) is 5.92 Å². The van der Waals surface area contributed by atoms with Crippen LogP contribution in [0.25, 0.3) is 5.57 Å². The van der Waals surface area contributed by atoms with Crippen molar-refractivity contribution in [3.05, 3.63) is 76.4 Å². The van der Waals surface area contributed by atoms with Gasteiger partial charge in [0.05, 0.1) is 11.6 Å². The molecule has 2 aromatic rings. The summed E-state index contributed by atoms with van der Waals surface area (Å²) in [5.74, 6) is -1.36. The minimum absolute atomic E-state index is 0.253. The van der Waals surface area contributed by atoms with E-state index in [4.69, 9.17) is 0 Å². The van der Waals surface area contributed by atoms with Gasteiger partial charge in [0.2, 0.25) is 0 Å². The summed E-state index contributed by atoms with van der Waals surface area (Å²) in [4.78, 5) is 11.9. The van der Waals surface area contributed by atoms with Crippen LogP contribution < -0.4 is 0 Å². The molecular weight excluding hydrogens is 386 g/mol. The topological polar surface area (TPSA) is 69.9 Å². The summed E-state index contributed by atoms with van der Waals surface area (Å²) < 4.78 is 0. The van der Waals surface area contributed by atoms with Crippen LogP contribution in [0.15, 0.2) is 59.3 Å². The number of aryl methyl sites for hydroxylation is 1. The molecule has 0 amide bonds. The van der Waals surface area contributed by atoms with Gasteiger partial charge in [-0.25, -0.2) is 0 Å². The maximum absolute atomic E-state index is 11.9. The largest absolute Gasteiger partial charge is 0.481 e. The zero-order valence-electron chi connectivity index (χ0n) is 18.0. The zero-order valence-corrected chi connectivity index (χ0v) is 18.0. The number of fused-ring (bicyclic) bond motifs is 2. The minimum atomic E-state index is -0.820. The molecule has 0 radical (unpaired) electrons. The van der Waals surface area contributed by atoms with E-state index in [1.54, 1.807) is 5.57 Å². The average Bonchev–Trinajstić information content (AvgIpc) is 3.17. The Hall–Kier alpha value is -2.88. The summed E-state index contributed by atoms with van der Waals surface area (Å²) >= 11 is 0. The third-order valence-electron chi connectivity index (χ3n) is 6.77. The maximum Gasteiger partial charge on any atom is 0.306 e. The van der Waals surface area contributed by atoms with E-state index in [-0.39, 0.29) is 6.42 Å². The van der Waals surface area contributed by atoms with Gasteiger partial charge in [-0.05, 0) is 85.3 Å². The predicted molar refractivity (Wildman–Crippen MR) is 124 cm³/mol. The number of carboxylic acids is 1. The molecule has 31 heavy (non-hydrogen) atoms. The number of nitrogens with zero attached hydrogens (tertiary/aromatic N) is 1. The highest BCUT2D eigenvalue weighted by Gasteiger charge is 2.26. The van der Waals surface area contributed by atoms with E-state index in [1.165, 1.54) is 41.5 Å². The highest BCUT2D eigenvalue weighted by Crippen LogP contribution is 2.41. The van der Waals surface area contributed by atoms with Crippen molar-refractivity contribution in [2.24, 2.45) is 11.1 Å². The number of oxime groups is 1. The molecule has 4 rings (SSSR count). The fourth-order valence-electron chi connectivity index (χ4n) is 5.06. The fraction of sp³-hybridized carbons (Fsp3) is 0.407. The van der Waals surface area contributed by atoms with Gasteiger partial charge >= 0.3 is 5.97 Å². The maximum atomic E-state index is 11.9. The Balaban J connectivity index is 1.37. The number of carboxylic acid groups (broad SMARTS) is 1. The molecule has 1 atom stereocenters. The first-order valence-corrected chi connectivity index (χ1v) is 11.5. The van der Waals surface area contributed by atoms with E-state index in [9.17, 15) is 15.1 Å². The number of allylic oxidation sites excluding steroid dienone is 2. The number of benzene rings is 2. The predicted octanol–water partition coefficient (Wildman–Crippen LogP) is 6.25. The first kappa shape index (κ1) is 21.4. The molecule has 2 N–H and O–H groups in total. The molecule has 0 saturated carbocycles. The second kappa shape index (κ2) is 9.95. The third-order valence-corrected chi connectivity index (χ3v) is 6.77. The van der Waals surface area contributed by atoms with Crippen molar-refractivity contribution in [1.29, 1.82) is 0 Å². The van der Waals surface area contributed by atoms with Crippen LogP contribution in [0.4, 0.5) is 0 Å². The van der Waals surface area contributed by atoms with Gasteiger partial charge < -0.3 is 10.3 Å². The lowest BCUT2D eigenvalue weighted by molar-refractivity contribution is -0.141. The first-order valence-electron chi connectivity index (χ1n) is 11.5. The Labute approximate surface area is 184 Å². The van der Waals surface area contributed by atoms with Gasteiger partial charge in [0, 0.05) is 6.42 Å². The number of hydrogen-bond acceptors (Lipinski definition) is 3. The van der Waals surface area contributed by atoms with Crippen molar-refractivity contribution in [3.8, 4) is 0 Å². The number of aliphatic carboxylic acids is 1. The van der Waals surface area contributed by atoms with Gasteiger partial charge in [-0.15, -0.1) is 0 Å². The zero-order chi connectivity index (χ0) is 21.6. The molecule has 0 unspecified atom stereocenters. The Morgan fingerprint density at radius 1 is 1.03 bits per heavy atom.